The number of hydrogen-bond donors (Lipinski definition) is 2. The van der Waals surface area contributed by atoms with Crippen LogP contribution in [0.1, 0.15) is 40.0 Å². The van der Waals surface area contributed by atoms with Crippen molar-refractivity contribution in [2.24, 2.45) is 5.73 Å². The summed E-state index contributed by atoms with van der Waals surface area (Å²) in [5.74, 6) is 0.0610. The minimum atomic E-state index is -0.502. The summed E-state index contributed by atoms with van der Waals surface area (Å²) in [7, 11) is 0. The summed E-state index contributed by atoms with van der Waals surface area (Å²) in [6.45, 7) is 5.71. The average molecular weight is 412 g/mol. The molecule has 0 fully saturated rings. The molecule has 31 heavy (non-hydrogen) atoms. The molecule has 0 aliphatic rings. The van der Waals surface area contributed by atoms with E-state index in [-0.39, 0.29) is 11.5 Å². The molecule has 4 rings (SSSR count). The molecular weight excluding hydrogens is 388 g/mol. The third-order valence-corrected chi connectivity index (χ3v) is 5.46. The van der Waals surface area contributed by atoms with Gasteiger partial charge in [-0.15, -0.1) is 0 Å². The van der Waals surface area contributed by atoms with E-state index < -0.39 is 5.91 Å². The van der Waals surface area contributed by atoms with Gasteiger partial charge in [0.25, 0.3) is 5.91 Å². The van der Waals surface area contributed by atoms with Crippen LogP contribution in [0.2, 0.25) is 0 Å². The van der Waals surface area contributed by atoms with E-state index >= 15 is 0 Å². The monoisotopic (exact) mass is 412 g/mol. The molecule has 1 atom stereocenters. The largest absolute Gasteiger partial charge is 0.455 e. The van der Waals surface area contributed by atoms with Crippen molar-refractivity contribution in [2.75, 3.05) is 5.32 Å². The molecule has 0 saturated heterocycles. The van der Waals surface area contributed by atoms with Crippen LogP contribution in [0, 0.1) is 13.8 Å². The summed E-state index contributed by atoms with van der Waals surface area (Å²) >= 11 is 0. The first-order chi connectivity index (χ1) is 14.9. The minimum Gasteiger partial charge on any atom is -0.455 e. The number of carbonyl (C=O) groups is 1. The SMILES string of the molecule is Cc1cc(C(C)Nc2ccccc2C(N)=O)c2oc(-c3ccccc3)c(C)c(=O)c2c1. The van der Waals surface area contributed by atoms with Crippen LogP contribution in [0.4, 0.5) is 5.69 Å². The van der Waals surface area contributed by atoms with Gasteiger partial charge in [0.2, 0.25) is 0 Å². The number of nitrogens with one attached hydrogen (secondary N) is 1. The molecular formula is C26H24N2O3. The number of aryl methyl sites for hydroxylation is 1. The first kappa shape index (κ1) is 20.4. The molecule has 1 unspecified atom stereocenters. The van der Waals surface area contributed by atoms with Gasteiger partial charge in [0.1, 0.15) is 11.3 Å². The number of para-hydroxylation sites is 1. The number of fused-ring (bicyclic) bond motifs is 1. The number of amides is 1. The Hall–Kier alpha value is -3.86. The van der Waals surface area contributed by atoms with Gasteiger partial charge in [-0.1, -0.05) is 48.5 Å². The molecule has 4 aromatic rings. The summed E-state index contributed by atoms with van der Waals surface area (Å²) in [6.07, 6.45) is 0. The molecule has 0 radical (unpaired) electrons. The summed E-state index contributed by atoms with van der Waals surface area (Å²) in [5.41, 5.74) is 10.3. The van der Waals surface area contributed by atoms with E-state index in [4.69, 9.17) is 10.2 Å². The maximum absolute atomic E-state index is 13.2. The summed E-state index contributed by atoms with van der Waals surface area (Å²) in [4.78, 5) is 25.0. The molecule has 1 heterocycles. The number of carbonyl (C=O) groups excluding carboxylic acids is 1. The Bertz CT molecular complexity index is 1340. The van der Waals surface area contributed by atoms with E-state index in [1.54, 1.807) is 19.1 Å². The molecule has 5 nitrogen and oxygen atoms in total. The lowest BCUT2D eigenvalue weighted by Crippen LogP contribution is -2.16. The number of nitrogens with two attached hydrogens (primary N) is 1. The summed E-state index contributed by atoms with van der Waals surface area (Å²) in [6, 6.07) is 20.3. The third-order valence-electron chi connectivity index (χ3n) is 5.46. The molecule has 5 heteroatoms. The second kappa shape index (κ2) is 8.11. The third kappa shape index (κ3) is 3.82. The van der Waals surface area contributed by atoms with E-state index in [2.05, 4.69) is 5.32 Å². The van der Waals surface area contributed by atoms with Gasteiger partial charge >= 0.3 is 0 Å². The van der Waals surface area contributed by atoms with Crippen molar-refractivity contribution in [3.05, 3.63) is 99.2 Å². The maximum Gasteiger partial charge on any atom is 0.250 e. The van der Waals surface area contributed by atoms with Gasteiger partial charge in [-0.05, 0) is 44.5 Å². The molecule has 1 amide bonds. The fraction of sp³-hybridized carbons (Fsp3) is 0.154. The van der Waals surface area contributed by atoms with E-state index in [1.807, 2.05) is 68.4 Å². The van der Waals surface area contributed by atoms with E-state index in [9.17, 15) is 9.59 Å². The average Bonchev–Trinajstić information content (AvgIpc) is 2.77. The minimum absolute atomic E-state index is 0.0465. The van der Waals surface area contributed by atoms with E-state index in [0.29, 0.717) is 33.5 Å². The number of hydrogen-bond acceptors (Lipinski definition) is 4. The highest BCUT2D eigenvalue weighted by molar-refractivity contribution is 5.98. The van der Waals surface area contributed by atoms with Gasteiger partial charge in [0.15, 0.2) is 5.43 Å². The Kier molecular flexibility index (Phi) is 5.34. The fourth-order valence-electron chi connectivity index (χ4n) is 3.89. The Balaban J connectivity index is 1.89. The smallest absolute Gasteiger partial charge is 0.250 e. The number of anilines is 1. The van der Waals surface area contributed by atoms with Crippen LogP contribution >= 0.6 is 0 Å². The molecule has 3 N–H and O–H groups in total. The lowest BCUT2D eigenvalue weighted by molar-refractivity contribution is 0.100. The lowest BCUT2D eigenvalue weighted by Gasteiger charge is -2.20. The zero-order valence-corrected chi connectivity index (χ0v) is 17.7. The Morgan fingerprint density at radius 1 is 1.00 bits per heavy atom. The molecule has 0 bridgehead atoms. The van der Waals surface area contributed by atoms with Gasteiger partial charge < -0.3 is 15.5 Å². The van der Waals surface area contributed by atoms with E-state index in [0.717, 1.165) is 16.7 Å². The van der Waals surface area contributed by atoms with Crippen LogP contribution in [0.5, 0.6) is 0 Å². The van der Waals surface area contributed by atoms with Crippen molar-refractivity contribution < 1.29 is 9.21 Å². The predicted molar refractivity (Wildman–Crippen MR) is 124 cm³/mol. The second-order valence-electron chi connectivity index (χ2n) is 7.76. The van der Waals surface area contributed by atoms with Gasteiger partial charge in [-0.3, -0.25) is 9.59 Å². The van der Waals surface area contributed by atoms with Crippen LogP contribution < -0.4 is 16.5 Å². The quantitative estimate of drug-likeness (QED) is 0.463. The Morgan fingerprint density at radius 3 is 2.39 bits per heavy atom. The van der Waals surface area contributed by atoms with Gasteiger partial charge in [0, 0.05) is 22.4 Å². The van der Waals surface area contributed by atoms with Crippen molar-refractivity contribution in [2.45, 2.75) is 26.8 Å². The number of primary amides is 1. The highest BCUT2D eigenvalue weighted by Gasteiger charge is 2.19. The molecule has 1 aromatic heterocycles. The fourth-order valence-corrected chi connectivity index (χ4v) is 3.89. The predicted octanol–water partition coefficient (Wildman–Crippen LogP) is 5.35. The van der Waals surface area contributed by atoms with Crippen molar-refractivity contribution >= 4 is 22.6 Å². The van der Waals surface area contributed by atoms with Crippen molar-refractivity contribution in [3.8, 4) is 11.3 Å². The molecule has 156 valence electrons. The molecule has 0 saturated carbocycles. The Labute approximate surface area is 180 Å². The zero-order valence-electron chi connectivity index (χ0n) is 17.7. The second-order valence-corrected chi connectivity index (χ2v) is 7.76. The lowest BCUT2D eigenvalue weighted by atomic mass is 9.98. The number of rotatable bonds is 5. The van der Waals surface area contributed by atoms with Gasteiger partial charge in [-0.2, -0.15) is 0 Å². The number of benzene rings is 3. The first-order valence-corrected chi connectivity index (χ1v) is 10.2. The molecule has 3 aromatic carbocycles. The van der Waals surface area contributed by atoms with Crippen molar-refractivity contribution in [3.63, 3.8) is 0 Å². The standard InChI is InChI=1S/C26H24N2O3/c1-15-13-20(17(3)28-22-12-8-7-11-19(22)26(27)30)25-21(14-15)23(29)16(2)24(31-25)18-9-5-4-6-10-18/h4-14,17,28H,1-3H3,(H2,27,30). The van der Waals surface area contributed by atoms with Crippen LogP contribution in [0.15, 0.2) is 75.9 Å². The Morgan fingerprint density at radius 2 is 1.68 bits per heavy atom. The van der Waals surface area contributed by atoms with Gasteiger partial charge in [-0.25, -0.2) is 0 Å². The van der Waals surface area contributed by atoms with Gasteiger partial charge in [0.05, 0.1) is 17.0 Å². The first-order valence-electron chi connectivity index (χ1n) is 10.2. The van der Waals surface area contributed by atoms with Crippen LogP contribution in [0.25, 0.3) is 22.3 Å². The van der Waals surface area contributed by atoms with E-state index in [1.165, 1.54) is 0 Å². The molecule has 0 aliphatic carbocycles. The van der Waals surface area contributed by atoms with Crippen LogP contribution in [-0.2, 0) is 0 Å². The van der Waals surface area contributed by atoms with Crippen molar-refractivity contribution in [1.29, 1.82) is 0 Å². The maximum atomic E-state index is 13.2. The molecule has 0 aliphatic heterocycles. The molecule has 0 spiro atoms. The normalized spacial score (nSPS) is 12.0. The summed E-state index contributed by atoms with van der Waals surface area (Å²) in [5, 5.41) is 3.90. The summed E-state index contributed by atoms with van der Waals surface area (Å²) < 4.78 is 6.35. The topological polar surface area (TPSA) is 85.3 Å². The highest BCUT2D eigenvalue weighted by Crippen LogP contribution is 2.32. The van der Waals surface area contributed by atoms with Crippen molar-refractivity contribution in [1.82, 2.24) is 0 Å². The van der Waals surface area contributed by atoms with Crippen LogP contribution in [-0.4, -0.2) is 5.91 Å². The zero-order chi connectivity index (χ0) is 22.1. The highest BCUT2D eigenvalue weighted by atomic mass is 16.3. The van der Waals surface area contributed by atoms with Crippen LogP contribution in [0.3, 0.4) is 0 Å².